The highest BCUT2D eigenvalue weighted by Crippen LogP contribution is 2.34. The summed E-state index contributed by atoms with van der Waals surface area (Å²) in [6, 6.07) is 4.41. The van der Waals surface area contributed by atoms with E-state index in [-0.39, 0.29) is 0 Å². The monoisotopic (exact) mass is 257 g/mol. The summed E-state index contributed by atoms with van der Waals surface area (Å²) in [5, 5.41) is 7.30. The zero-order valence-electron chi connectivity index (χ0n) is 12.3. The van der Waals surface area contributed by atoms with Crippen molar-refractivity contribution >= 4 is 5.82 Å². The Labute approximate surface area is 115 Å². The third-order valence-corrected chi connectivity index (χ3v) is 3.58. The molecule has 0 bridgehead atoms. The number of rotatable bonds is 4. The number of nitrogens with one attached hydrogen (secondary N) is 1. The zero-order valence-corrected chi connectivity index (χ0v) is 12.3. The van der Waals surface area contributed by atoms with Crippen LogP contribution < -0.4 is 5.73 Å². The minimum Gasteiger partial charge on any atom is -0.382 e. The van der Waals surface area contributed by atoms with Crippen LogP contribution in [0.25, 0.3) is 11.1 Å². The third kappa shape index (κ3) is 2.65. The Hall–Kier alpha value is -1.77. The van der Waals surface area contributed by atoms with Gasteiger partial charge in [-0.25, -0.2) is 0 Å². The van der Waals surface area contributed by atoms with Crippen molar-refractivity contribution in [1.82, 2.24) is 10.2 Å². The van der Waals surface area contributed by atoms with Gasteiger partial charge in [-0.3, -0.25) is 5.10 Å². The molecular weight excluding hydrogens is 234 g/mol. The van der Waals surface area contributed by atoms with Gasteiger partial charge in [-0.2, -0.15) is 5.10 Å². The summed E-state index contributed by atoms with van der Waals surface area (Å²) in [5.41, 5.74) is 13.4. The second-order valence-corrected chi connectivity index (χ2v) is 5.34. The highest BCUT2D eigenvalue weighted by atomic mass is 15.2. The molecule has 3 nitrogen and oxygen atoms in total. The third-order valence-electron chi connectivity index (χ3n) is 3.58. The van der Waals surface area contributed by atoms with E-state index < -0.39 is 0 Å². The predicted octanol–water partition coefficient (Wildman–Crippen LogP) is 3.93. The SMILES string of the molecule is CCCCc1[nH]nc(N)c1-c1c(C)cc(C)cc1C. The number of hydrogen-bond donors (Lipinski definition) is 2. The summed E-state index contributed by atoms with van der Waals surface area (Å²) in [7, 11) is 0. The number of nitrogens with zero attached hydrogens (tertiary/aromatic N) is 1. The number of aryl methyl sites for hydroxylation is 4. The van der Waals surface area contributed by atoms with Crippen molar-refractivity contribution in [3.8, 4) is 11.1 Å². The van der Waals surface area contributed by atoms with Gasteiger partial charge in [0.15, 0.2) is 5.82 Å². The van der Waals surface area contributed by atoms with Crippen molar-refractivity contribution in [2.24, 2.45) is 0 Å². The van der Waals surface area contributed by atoms with Crippen LogP contribution in [0, 0.1) is 20.8 Å². The van der Waals surface area contributed by atoms with Crippen molar-refractivity contribution in [2.45, 2.75) is 47.0 Å². The van der Waals surface area contributed by atoms with Gasteiger partial charge in [0.1, 0.15) is 0 Å². The van der Waals surface area contributed by atoms with Gasteiger partial charge >= 0.3 is 0 Å². The average molecular weight is 257 g/mol. The van der Waals surface area contributed by atoms with Crippen LogP contribution in [0.2, 0.25) is 0 Å². The second-order valence-electron chi connectivity index (χ2n) is 5.34. The number of nitrogens with two attached hydrogens (primary N) is 1. The first kappa shape index (κ1) is 13.7. The number of hydrogen-bond acceptors (Lipinski definition) is 2. The molecule has 3 N–H and O–H groups in total. The Bertz CT molecular complexity index is 559. The number of H-pyrrole nitrogens is 1. The summed E-state index contributed by atoms with van der Waals surface area (Å²) in [4.78, 5) is 0. The molecule has 0 unspecified atom stereocenters. The fourth-order valence-electron chi connectivity index (χ4n) is 2.78. The maximum atomic E-state index is 6.08. The molecule has 3 heteroatoms. The van der Waals surface area contributed by atoms with Crippen LogP contribution in [0.15, 0.2) is 12.1 Å². The first-order valence-corrected chi connectivity index (χ1v) is 6.95. The molecular formula is C16H23N3. The largest absolute Gasteiger partial charge is 0.382 e. The predicted molar refractivity (Wildman–Crippen MR) is 81.3 cm³/mol. The van der Waals surface area contributed by atoms with Crippen LogP contribution in [0.1, 0.15) is 42.1 Å². The van der Waals surface area contributed by atoms with Crippen LogP contribution in [-0.4, -0.2) is 10.2 Å². The molecule has 0 aliphatic rings. The maximum Gasteiger partial charge on any atom is 0.153 e. The average Bonchev–Trinajstić information content (AvgIpc) is 2.68. The van der Waals surface area contributed by atoms with Gasteiger partial charge in [0.25, 0.3) is 0 Å². The topological polar surface area (TPSA) is 54.7 Å². The van der Waals surface area contributed by atoms with E-state index in [0.29, 0.717) is 5.82 Å². The van der Waals surface area contributed by atoms with Gasteiger partial charge in [0.2, 0.25) is 0 Å². The Kier molecular flexibility index (Phi) is 3.93. The molecule has 0 spiro atoms. The van der Waals surface area contributed by atoms with Crippen LogP contribution in [0.5, 0.6) is 0 Å². The van der Waals surface area contributed by atoms with Crippen molar-refractivity contribution in [1.29, 1.82) is 0 Å². The number of unbranched alkanes of at least 4 members (excludes halogenated alkanes) is 1. The Morgan fingerprint density at radius 1 is 1.11 bits per heavy atom. The van der Waals surface area contributed by atoms with Gasteiger partial charge in [-0.1, -0.05) is 31.0 Å². The summed E-state index contributed by atoms with van der Waals surface area (Å²) in [6.07, 6.45) is 3.33. The summed E-state index contributed by atoms with van der Waals surface area (Å²) in [6.45, 7) is 8.61. The van der Waals surface area contributed by atoms with Crippen LogP contribution in [-0.2, 0) is 6.42 Å². The molecule has 2 rings (SSSR count). The molecule has 0 aliphatic heterocycles. The molecule has 19 heavy (non-hydrogen) atoms. The molecule has 2 aromatic rings. The minimum absolute atomic E-state index is 0.612. The highest BCUT2D eigenvalue weighted by molar-refractivity contribution is 5.81. The fourth-order valence-corrected chi connectivity index (χ4v) is 2.78. The number of aromatic nitrogens is 2. The molecule has 0 fully saturated rings. The molecule has 0 radical (unpaired) electrons. The highest BCUT2D eigenvalue weighted by Gasteiger charge is 2.16. The molecule has 0 saturated heterocycles. The van der Waals surface area contributed by atoms with Crippen molar-refractivity contribution in [3.63, 3.8) is 0 Å². The van der Waals surface area contributed by atoms with Crippen molar-refractivity contribution in [2.75, 3.05) is 5.73 Å². The molecule has 1 aromatic heterocycles. The minimum atomic E-state index is 0.612. The zero-order chi connectivity index (χ0) is 14.0. The van der Waals surface area contributed by atoms with Gasteiger partial charge in [0, 0.05) is 11.3 Å². The second kappa shape index (κ2) is 5.47. The summed E-state index contributed by atoms with van der Waals surface area (Å²) < 4.78 is 0. The molecule has 102 valence electrons. The normalized spacial score (nSPS) is 10.9. The van der Waals surface area contributed by atoms with E-state index in [2.05, 4.69) is 50.0 Å². The lowest BCUT2D eigenvalue weighted by Gasteiger charge is -2.12. The van der Waals surface area contributed by atoms with E-state index in [1.807, 2.05) is 0 Å². The lowest BCUT2D eigenvalue weighted by Crippen LogP contribution is -1.96. The van der Waals surface area contributed by atoms with E-state index in [1.165, 1.54) is 28.7 Å². The van der Waals surface area contributed by atoms with Gasteiger partial charge in [-0.05, 0) is 50.3 Å². The van der Waals surface area contributed by atoms with E-state index in [0.717, 1.165) is 24.1 Å². The number of aromatic amines is 1. The van der Waals surface area contributed by atoms with Crippen LogP contribution >= 0.6 is 0 Å². The number of nitrogen functional groups attached to an aromatic ring is 1. The van der Waals surface area contributed by atoms with Crippen molar-refractivity contribution in [3.05, 3.63) is 34.5 Å². The van der Waals surface area contributed by atoms with Gasteiger partial charge in [-0.15, -0.1) is 0 Å². The Morgan fingerprint density at radius 3 is 2.32 bits per heavy atom. The Balaban J connectivity index is 2.55. The van der Waals surface area contributed by atoms with E-state index in [9.17, 15) is 0 Å². The van der Waals surface area contributed by atoms with E-state index in [4.69, 9.17) is 5.73 Å². The smallest absolute Gasteiger partial charge is 0.153 e. The Morgan fingerprint density at radius 2 is 1.74 bits per heavy atom. The first-order valence-electron chi connectivity index (χ1n) is 6.95. The maximum absolute atomic E-state index is 6.08. The molecule has 0 saturated carbocycles. The van der Waals surface area contributed by atoms with Gasteiger partial charge < -0.3 is 5.73 Å². The lowest BCUT2D eigenvalue weighted by atomic mass is 9.92. The lowest BCUT2D eigenvalue weighted by molar-refractivity contribution is 0.773. The molecule has 1 aromatic carbocycles. The molecule has 0 aliphatic carbocycles. The van der Waals surface area contributed by atoms with Crippen molar-refractivity contribution < 1.29 is 0 Å². The first-order chi connectivity index (χ1) is 9.04. The molecule has 0 atom stereocenters. The van der Waals surface area contributed by atoms with E-state index >= 15 is 0 Å². The molecule has 0 amide bonds. The summed E-state index contributed by atoms with van der Waals surface area (Å²) in [5.74, 6) is 0.612. The van der Waals surface area contributed by atoms with Crippen LogP contribution in [0.3, 0.4) is 0 Å². The standard InChI is InChI=1S/C16H23N3/c1-5-6-7-13-15(16(17)19-18-13)14-11(3)8-10(2)9-12(14)4/h8-9H,5-7H2,1-4H3,(H3,17,18,19). The number of benzene rings is 1. The fraction of sp³-hybridized carbons (Fsp3) is 0.438. The van der Waals surface area contributed by atoms with Crippen LogP contribution in [0.4, 0.5) is 5.82 Å². The molecule has 1 heterocycles. The summed E-state index contributed by atoms with van der Waals surface area (Å²) >= 11 is 0. The number of anilines is 1. The quantitative estimate of drug-likeness (QED) is 0.872. The van der Waals surface area contributed by atoms with Gasteiger partial charge in [0.05, 0.1) is 0 Å². The van der Waals surface area contributed by atoms with E-state index in [1.54, 1.807) is 0 Å².